The van der Waals surface area contributed by atoms with E-state index >= 15 is 0 Å². The van der Waals surface area contributed by atoms with E-state index in [-0.39, 0.29) is 0 Å². The lowest BCUT2D eigenvalue weighted by Crippen LogP contribution is -2.21. The predicted molar refractivity (Wildman–Crippen MR) is 95.5 cm³/mol. The molecule has 7 nitrogen and oxygen atoms in total. The van der Waals surface area contributed by atoms with Gasteiger partial charge < -0.3 is 25.0 Å². The average Bonchev–Trinajstić information content (AvgIpc) is 2.56. The molecule has 1 aromatic carbocycles. The molecule has 8 heteroatoms. The molecule has 0 radical (unpaired) electrons. The Balaban J connectivity index is 0.000000823. The number of halogens is 1. The quantitative estimate of drug-likeness (QED) is 0.328. The number of aliphatic carboxylic acids is 2. The van der Waals surface area contributed by atoms with E-state index in [2.05, 4.69) is 11.9 Å². The highest BCUT2D eigenvalue weighted by molar-refractivity contribution is 6.30. The smallest absolute Gasteiger partial charge is 0.414 e. The first-order valence-electron chi connectivity index (χ1n) is 7.60. The number of allylic oxidation sites excluding steroid dienone is 1. The van der Waals surface area contributed by atoms with E-state index in [4.69, 9.17) is 40.9 Å². The van der Waals surface area contributed by atoms with Gasteiger partial charge in [0, 0.05) is 18.7 Å². The van der Waals surface area contributed by atoms with E-state index in [1.165, 1.54) is 0 Å². The van der Waals surface area contributed by atoms with Gasteiger partial charge in [0.2, 0.25) is 0 Å². The first kappa shape index (κ1) is 22.9. The maximum absolute atomic E-state index is 9.10. The molecular formula is C17H24ClNO6. The van der Waals surface area contributed by atoms with Crippen molar-refractivity contribution in [2.45, 2.75) is 12.8 Å². The zero-order valence-corrected chi connectivity index (χ0v) is 14.9. The Morgan fingerprint density at radius 2 is 1.92 bits per heavy atom. The van der Waals surface area contributed by atoms with E-state index in [0.29, 0.717) is 6.61 Å². The monoisotopic (exact) mass is 373 g/mol. The van der Waals surface area contributed by atoms with Crippen LogP contribution in [0.5, 0.6) is 5.75 Å². The van der Waals surface area contributed by atoms with Crippen molar-refractivity contribution in [1.82, 2.24) is 5.32 Å². The molecule has 0 aliphatic rings. The van der Waals surface area contributed by atoms with Gasteiger partial charge in [-0.25, -0.2) is 9.59 Å². The highest BCUT2D eigenvalue weighted by Gasteiger charge is 2.04. The molecule has 25 heavy (non-hydrogen) atoms. The van der Waals surface area contributed by atoms with Crippen LogP contribution >= 0.6 is 11.6 Å². The van der Waals surface area contributed by atoms with Gasteiger partial charge in [-0.1, -0.05) is 17.7 Å². The fourth-order valence-electron chi connectivity index (χ4n) is 1.68. The van der Waals surface area contributed by atoms with Crippen molar-refractivity contribution in [2.24, 2.45) is 0 Å². The third-order valence-corrected chi connectivity index (χ3v) is 3.04. The van der Waals surface area contributed by atoms with Gasteiger partial charge in [0.15, 0.2) is 0 Å². The number of hydrogen-bond acceptors (Lipinski definition) is 5. The van der Waals surface area contributed by atoms with Crippen LogP contribution in [-0.4, -0.2) is 55.6 Å². The van der Waals surface area contributed by atoms with Crippen molar-refractivity contribution in [1.29, 1.82) is 0 Å². The standard InChI is InChI=1S/C15H22ClNO2.C2H2O4/c1-3-5-13-12-14(16)6-7-15(13)19-10-4-8-17-9-11-18-2;3-1(4)2(5)6/h3,6-7,12,17H,1,4-5,8-11H2,2H3;(H,3,4)(H,5,6). The Morgan fingerprint density at radius 1 is 1.24 bits per heavy atom. The number of ether oxygens (including phenoxy) is 2. The highest BCUT2D eigenvalue weighted by atomic mass is 35.5. The summed E-state index contributed by atoms with van der Waals surface area (Å²) < 4.78 is 10.7. The summed E-state index contributed by atoms with van der Waals surface area (Å²) in [5, 5.41) is 18.8. The second-order valence-electron chi connectivity index (χ2n) is 4.80. The Kier molecular flexibility index (Phi) is 13.1. The number of benzene rings is 1. The molecule has 140 valence electrons. The molecule has 0 saturated heterocycles. The molecule has 0 bridgehead atoms. The van der Waals surface area contributed by atoms with Gasteiger partial charge in [0.05, 0.1) is 13.2 Å². The first-order valence-corrected chi connectivity index (χ1v) is 7.98. The summed E-state index contributed by atoms with van der Waals surface area (Å²) >= 11 is 5.97. The molecule has 0 atom stereocenters. The van der Waals surface area contributed by atoms with Crippen LogP contribution in [0.2, 0.25) is 5.02 Å². The van der Waals surface area contributed by atoms with Gasteiger partial charge in [-0.15, -0.1) is 6.58 Å². The number of carboxylic acids is 2. The summed E-state index contributed by atoms with van der Waals surface area (Å²) in [6.07, 6.45) is 3.58. The van der Waals surface area contributed by atoms with Gasteiger partial charge in [-0.3, -0.25) is 0 Å². The topological polar surface area (TPSA) is 105 Å². The highest BCUT2D eigenvalue weighted by Crippen LogP contribution is 2.23. The van der Waals surface area contributed by atoms with Crippen LogP contribution in [0.25, 0.3) is 0 Å². The van der Waals surface area contributed by atoms with Gasteiger partial charge in [-0.2, -0.15) is 0 Å². The number of nitrogens with one attached hydrogen (secondary N) is 1. The lowest BCUT2D eigenvalue weighted by Gasteiger charge is -2.11. The van der Waals surface area contributed by atoms with Crippen LogP contribution in [0.4, 0.5) is 0 Å². The molecular weight excluding hydrogens is 350 g/mol. The van der Waals surface area contributed by atoms with Crippen molar-refractivity contribution >= 4 is 23.5 Å². The summed E-state index contributed by atoms with van der Waals surface area (Å²) in [6.45, 7) is 6.97. The molecule has 0 unspecified atom stereocenters. The maximum atomic E-state index is 9.10. The first-order chi connectivity index (χ1) is 11.9. The number of carbonyl (C=O) groups is 2. The number of carboxylic acid groups (broad SMARTS) is 2. The number of hydrogen-bond donors (Lipinski definition) is 3. The molecule has 0 aliphatic carbocycles. The van der Waals surface area contributed by atoms with Crippen LogP contribution in [0.1, 0.15) is 12.0 Å². The molecule has 0 heterocycles. The summed E-state index contributed by atoms with van der Waals surface area (Å²) in [6, 6.07) is 5.69. The molecule has 3 N–H and O–H groups in total. The molecule has 0 fully saturated rings. The van der Waals surface area contributed by atoms with Gasteiger partial charge in [-0.05, 0) is 43.1 Å². The molecule has 0 aromatic heterocycles. The van der Waals surface area contributed by atoms with Crippen LogP contribution in [0, 0.1) is 0 Å². The second-order valence-corrected chi connectivity index (χ2v) is 5.24. The third-order valence-electron chi connectivity index (χ3n) is 2.81. The summed E-state index contributed by atoms with van der Waals surface area (Å²) in [4.78, 5) is 18.2. The van der Waals surface area contributed by atoms with Crippen molar-refractivity contribution < 1.29 is 29.3 Å². The minimum Gasteiger partial charge on any atom is -0.493 e. The molecule has 0 aliphatic heterocycles. The third kappa shape index (κ3) is 12.0. The second kappa shape index (κ2) is 14.3. The number of methoxy groups -OCH3 is 1. The predicted octanol–water partition coefficient (Wildman–Crippen LogP) is 2.23. The van der Waals surface area contributed by atoms with E-state index in [9.17, 15) is 0 Å². The van der Waals surface area contributed by atoms with Gasteiger partial charge >= 0.3 is 11.9 Å². The molecule has 0 saturated carbocycles. The van der Waals surface area contributed by atoms with Crippen LogP contribution in [0.3, 0.4) is 0 Å². The average molecular weight is 374 g/mol. The van der Waals surface area contributed by atoms with E-state index in [1.54, 1.807) is 7.11 Å². The summed E-state index contributed by atoms with van der Waals surface area (Å²) in [5.41, 5.74) is 1.08. The SMILES string of the molecule is C=CCc1cc(Cl)ccc1OCCCNCCOC.O=C(O)C(=O)O. The van der Waals surface area contributed by atoms with Crippen molar-refractivity contribution in [2.75, 3.05) is 33.4 Å². The van der Waals surface area contributed by atoms with E-state index in [1.807, 2.05) is 24.3 Å². The maximum Gasteiger partial charge on any atom is 0.414 e. The molecule has 1 aromatic rings. The lowest BCUT2D eigenvalue weighted by atomic mass is 10.1. The zero-order valence-electron chi connectivity index (χ0n) is 14.2. The van der Waals surface area contributed by atoms with Gasteiger partial charge in [0.1, 0.15) is 5.75 Å². The Morgan fingerprint density at radius 3 is 2.48 bits per heavy atom. The minimum atomic E-state index is -1.82. The molecule has 0 amide bonds. The van der Waals surface area contributed by atoms with Gasteiger partial charge in [0.25, 0.3) is 0 Å². The Labute approximate surface area is 152 Å². The molecule has 0 spiro atoms. The van der Waals surface area contributed by atoms with Crippen molar-refractivity contribution in [3.05, 3.63) is 41.4 Å². The minimum absolute atomic E-state index is 0.686. The van der Waals surface area contributed by atoms with Crippen LogP contribution in [0.15, 0.2) is 30.9 Å². The van der Waals surface area contributed by atoms with Crippen LogP contribution in [-0.2, 0) is 20.7 Å². The summed E-state index contributed by atoms with van der Waals surface area (Å²) in [5.74, 6) is -2.76. The van der Waals surface area contributed by atoms with E-state index in [0.717, 1.165) is 48.9 Å². The Bertz CT molecular complexity index is 538. The zero-order chi connectivity index (χ0) is 19.1. The largest absolute Gasteiger partial charge is 0.493 e. The molecule has 1 rings (SSSR count). The van der Waals surface area contributed by atoms with E-state index < -0.39 is 11.9 Å². The van der Waals surface area contributed by atoms with Crippen molar-refractivity contribution in [3.8, 4) is 5.75 Å². The Hall–Kier alpha value is -2.09. The fraction of sp³-hybridized carbons (Fsp3) is 0.412. The lowest BCUT2D eigenvalue weighted by molar-refractivity contribution is -0.159. The summed E-state index contributed by atoms with van der Waals surface area (Å²) in [7, 11) is 1.70. The normalized spacial score (nSPS) is 9.68. The number of rotatable bonds is 10. The van der Waals surface area contributed by atoms with Crippen LogP contribution < -0.4 is 10.1 Å². The fourth-order valence-corrected chi connectivity index (χ4v) is 1.88. The van der Waals surface area contributed by atoms with Crippen molar-refractivity contribution in [3.63, 3.8) is 0 Å².